The van der Waals surface area contributed by atoms with Crippen LogP contribution in [-0.4, -0.2) is 24.0 Å². The van der Waals surface area contributed by atoms with Gasteiger partial charge < -0.3 is 10.6 Å². The first-order valence-corrected chi connectivity index (χ1v) is 6.20. The van der Waals surface area contributed by atoms with Crippen LogP contribution in [0.1, 0.15) is 6.42 Å². The monoisotopic (exact) mass is 277 g/mol. The number of halogens is 1. The van der Waals surface area contributed by atoms with E-state index in [1.54, 1.807) is 6.20 Å². The maximum atomic E-state index is 12.1. The van der Waals surface area contributed by atoms with Crippen LogP contribution in [0.3, 0.4) is 0 Å². The number of pyridine rings is 1. The summed E-state index contributed by atoms with van der Waals surface area (Å²) in [7, 11) is 0. The fraction of sp³-hybridized carbons (Fsp3) is 0.286. The van der Waals surface area contributed by atoms with Gasteiger partial charge in [0.05, 0.1) is 17.1 Å². The van der Waals surface area contributed by atoms with Crippen molar-refractivity contribution in [3.8, 4) is 0 Å². The second-order valence-corrected chi connectivity index (χ2v) is 4.55. The van der Waals surface area contributed by atoms with Gasteiger partial charge in [0.1, 0.15) is 0 Å². The Morgan fingerprint density at radius 2 is 2.16 bits per heavy atom. The Hall–Kier alpha value is -1.65. The van der Waals surface area contributed by atoms with Crippen molar-refractivity contribution in [3.05, 3.63) is 36.5 Å². The van der Waals surface area contributed by atoms with E-state index in [2.05, 4.69) is 15.6 Å². The Kier molecular flexibility index (Phi) is 4.35. The number of hydrogen-bond donors (Lipinski definition) is 2. The van der Waals surface area contributed by atoms with E-state index in [0.29, 0.717) is 0 Å². The second-order valence-electron chi connectivity index (χ2n) is 4.55. The fourth-order valence-electron chi connectivity index (χ4n) is 2.32. The van der Waals surface area contributed by atoms with Gasteiger partial charge in [-0.05, 0) is 25.1 Å². The Balaban J connectivity index is 0.00000133. The minimum atomic E-state index is 0. The minimum absolute atomic E-state index is 0. The summed E-state index contributed by atoms with van der Waals surface area (Å²) in [4.78, 5) is 16.4. The molecule has 2 N–H and O–H groups in total. The molecule has 5 heteroatoms. The topological polar surface area (TPSA) is 54.0 Å². The van der Waals surface area contributed by atoms with Gasteiger partial charge in [-0.3, -0.25) is 9.78 Å². The number of aromatic nitrogens is 1. The van der Waals surface area contributed by atoms with Crippen molar-refractivity contribution in [3.63, 3.8) is 0 Å². The number of carbonyl (C=O) groups is 1. The number of anilines is 1. The molecule has 1 aromatic carbocycles. The molecule has 1 atom stereocenters. The molecule has 2 aromatic rings. The highest BCUT2D eigenvalue weighted by Gasteiger charge is 2.22. The van der Waals surface area contributed by atoms with Crippen molar-refractivity contribution in [2.24, 2.45) is 5.92 Å². The van der Waals surface area contributed by atoms with Crippen LogP contribution in [0, 0.1) is 5.92 Å². The van der Waals surface area contributed by atoms with Gasteiger partial charge in [0, 0.05) is 18.1 Å². The van der Waals surface area contributed by atoms with E-state index in [1.807, 2.05) is 30.3 Å². The number of amides is 1. The van der Waals surface area contributed by atoms with Crippen molar-refractivity contribution >= 4 is 34.9 Å². The molecule has 0 aliphatic carbocycles. The zero-order valence-electron chi connectivity index (χ0n) is 10.4. The average molecular weight is 278 g/mol. The lowest BCUT2D eigenvalue weighted by Gasteiger charge is -2.11. The highest BCUT2D eigenvalue weighted by Crippen LogP contribution is 2.22. The molecule has 1 aromatic heterocycles. The van der Waals surface area contributed by atoms with Gasteiger partial charge in [-0.1, -0.05) is 18.2 Å². The number of benzene rings is 1. The number of hydrogen-bond acceptors (Lipinski definition) is 3. The number of carbonyl (C=O) groups excluding carboxylic acids is 1. The molecule has 2 heterocycles. The van der Waals surface area contributed by atoms with Gasteiger partial charge >= 0.3 is 0 Å². The van der Waals surface area contributed by atoms with E-state index in [9.17, 15) is 4.79 Å². The highest BCUT2D eigenvalue weighted by atomic mass is 35.5. The maximum Gasteiger partial charge on any atom is 0.228 e. The molecule has 1 saturated heterocycles. The fourth-order valence-corrected chi connectivity index (χ4v) is 2.32. The van der Waals surface area contributed by atoms with Gasteiger partial charge in [-0.2, -0.15) is 0 Å². The van der Waals surface area contributed by atoms with Gasteiger partial charge in [-0.15, -0.1) is 12.4 Å². The molecule has 3 rings (SSSR count). The third-order valence-electron chi connectivity index (χ3n) is 3.34. The van der Waals surface area contributed by atoms with E-state index in [1.165, 1.54) is 0 Å². The Bertz CT molecular complexity index is 576. The summed E-state index contributed by atoms with van der Waals surface area (Å²) in [6.45, 7) is 1.70. The highest BCUT2D eigenvalue weighted by molar-refractivity contribution is 6.01. The minimum Gasteiger partial charge on any atom is -0.325 e. The number of para-hydroxylation sites is 1. The molecule has 4 nitrogen and oxygen atoms in total. The first-order chi connectivity index (χ1) is 8.84. The summed E-state index contributed by atoms with van der Waals surface area (Å²) in [6.07, 6.45) is 2.64. The molecule has 1 amide bonds. The predicted molar refractivity (Wildman–Crippen MR) is 78.6 cm³/mol. The first kappa shape index (κ1) is 13.8. The van der Waals surface area contributed by atoms with E-state index in [-0.39, 0.29) is 24.2 Å². The molecule has 1 fully saturated rings. The van der Waals surface area contributed by atoms with Crippen LogP contribution >= 0.6 is 12.4 Å². The van der Waals surface area contributed by atoms with Crippen molar-refractivity contribution in [1.29, 1.82) is 0 Å². The summed E-state index contributed by atoms with van der Waals surface area (Å²) in [6, 6.07) is 9.67. The van der Waals surface area contributed by atoms with Crippen LogP contribution in [0.4, 0.5) is 5.69 Å². The molecular weight excluding hydrogens is 262 g/mol. The Morgan fingerprint density at radius 1 is 1.32 bits per heavy atom. The van der Waals surface area contributed by atoms with E-state index < -0.39 is 0 Å². The molecule has 0 radical (unpaired) electrons. The Labute approximate surface area is 118 Å². The van der Waals surface area contributed by atoms with Crippen LogP contribution in [0.15, 0.2) is 36.5 Å². The van der Waals surface area contributed by atoms with Gasteiger partial charge in [0.15, 0.2) is 0 Å². The largest absolute Gasteiger partial charge is 0.325 e. The normalized spacial score (nSPS) is 18.0. The molecule has 100 valence electrons. The molecular formula is C14H16ClN3O. The summed E-state index contributed by atoms with van der Waals surface area (Å²) >= 11 is 0. The third kappa shape index (κ3) is 2.85. The van der Waals surface area contributed by atoms with E-state index in [4.69, 9.17) is 0 Å². The molecule has 1 aliphatic heterocycles. The predicted octanol–water partition coefficient (Wildman–Crippen LogP) is 2.20. The molecule has 0 bridgehead atoms. The smallest absolute Gasteiger partial charge is 0.228 e. The van der Waals surface area contributed by atoms with Crippen molar-refractivity contribution in [2.45, 2.75) is 6.42 Å². The number of fused-ring (bicyclic) bond motifs is 1. The molecule has 0 saturated carbocycles. The SMILES string of the molecule is Cl.O=C(Nc1ccnc2ccccc12)[C@@H]1CCNC1. The third-order valence-corrected chi connectivity index (χ3v) is 3.34. The lowest BCUT2D eigenvalue weighted by atomic mass is 10.1. The van der Waals surface area contributed by atoms with Crippen LogP contribution in [0.25, 0.3) is 10.9 Å². The van der Waals surface area contributed by atoms with Crippen molar-refractivity contribution in [2.75, 3.05) is 18.4 Å². The second kappa shape index (κ2) is 5.99. The summed E-state index contributed by atoms with van der Waals surface area (Å²) in [5, 5.41) is 7.20. The van der Waals surface area contributed by atoms with E-state index in [0.717, 1.165) is 36.1 Å². The lowest BCUT2D eigenvalue weighted by Crippen LogP contribution is -2.24. The van der Waals surface area contributed by atoms with Gasteiger partial charge in [0.2, 0.25) is 5.91 Å². The first-order valence-electron chi connectivity index (χ1n) is 6.20. The van der Waals surface area contributed by atoms with E-state index >= 15 is 0 Å². The summed E-state index contributed by atoms with van der Waals surface area (Å²) in [5.41, 5.74) is 1.75. The standard InChI is InChI=1S/C14H15N3O.ClH/c18-14(10-5-7-15-9-10)17-13-6-8-16-12-4-2-1-3-11(12)13;/h1-4,6,8,10,15H,5,7,9H2,(H,16,17,18);1H/t10-;/m1./s1. The van der Waals surface area contributed by atoms with Crippen LogP contribution < -0.4 is 10.6 Å². The Morgan fingerprint density at radius 3 is 2.95 bits per heavy atom. The number of rotatable bonds is 2. The van der Waals surface area contributed by atoms with Gasteiger partial charge in [-0.25, -0.2) is 0 Å². The maximum absolute atomic E-state index is 12.1. The molecule has 0 unspecified atom stereocenters. The zero-order valence-corrected chi connectivity index (χ0v) is 11.2. The van der Waals surface area contributed by atoms with Crippen molar-refractivity contribution < 1.29 is 4.79 Å². The lowest BCUT2D eigenvalue weighted by molar-refractivity contribution is -0.119. The number of nitrogens with one attached hydrogen (secondary N) is 2. The molecule has 0 spiro atoms. The van der Waals surface area contributed by atoms with Crippen LogP contribution in [-0.2, 0) is 4.79 Å². The number of nitrogens with zero attached hydrogens (tertiary/aromatic N) is 1. The average Bonchev–Trinajstić information content (AvgIpc) is 2.93. The molecule has 1 aliphatic rings. The van der Waals surface area contributed by atoms with Crippen molar-refractivity contribution in [1.82, 2.24) is 10.3 Å². The summed E-state index contributed by atoms with van der Waals surface area (Å²) < 4.78 is 0. The van der Waals surface area contributed by atoms with Crippen LogP contribution in [0.2, 0.25) is 0 Å². The van der Waals surface area contributed by atoms with Gasteiger partial charge in [0.25, 0.3) is 0 Å². The summed E-state index contributed by atoms with van der Waals surface area (Å²) in [5.74, 6) is 0.174. The zero-order chi connectivity index (χ0) is 12.4. The molecule has 19 heavy (non-hydrogen) atoms. The quantitative estimate of drug-likeness (QED) is 0.885. The van der Waals surface area contributed by atoms with Crippen LogP contribution in [0.5, 0.6) is 0 Å².